The van der Waals surface area contributed by atoms with Crippen LogP contribution in [0.3, 0.4) is 0 Å². The number of carbonyl (C=O) groups excluding carboxylic acids is 1. The van der Waals surface area contributed by atoms with E-state index in [0.29, 0.717) is 27.1 Å². The Hall–Kier alpha value is -2.43. The fourth-order valence-corrected chi connectivity index (χ4v) is 6.68. The molecule has 0 amide bonds. The van der Waals surface area contributed by atoms with E-state index in [4.69, 9.17) is 0 Å². The zero-order chi connectivity index (χ0) is 23.0. The summed E-state index contributed by atoms with van der Waals surface area (Å²) < 4.78 is 26.3. The lowest BCUT2D eigenvalue weighted by atomic mass is 10.0. The Labute approximate surface area is 196 Å². The summed E-state index contributed by atoms with van der Waals surface area (Å²) in [7, 11) is -3.34. The number of ketones is 1. The molecule has 168 valence electrons. The Morgan fingerprint density at radius 2 is 1.97 bits per heavy atom. The molecule has 2 aromatic carbocycles. The van der Waals surface area contributed by atoms with E-state index in [0.717, 1.165) is 11.3 Å². The molecule has 0 fully saturated rings. The summed E-state index contributed by atoms with van der Waals surface area (Å²) in [5.74, 6) is 0.213. The highest BCUT2D eigenvalue weighted by atomic mass is 32.2. The summed E-state index contributed by atoms with van der Waals surface area (Å²) in [6, 6.07) is 11.2. The highest BCUT2D eigenvalue weighted by Crippen LogP contribution is 2.35. The Balaban J connectivity index is 1.40. The minimum atomic E-state index is -3.34. The quantitative estimate of drug-likeness (QED) is 0.384. The molecule has 3 aromatic rings. The fourth-order valence-electron chi connectivity index (χ4n) is 3.75. The van der Waals surface area contributed by atoms with Crippen LogP contribution in [0.25, 0.3) is 0 Å². The molecule has 0 aliphatic carbocycles. The molecule has 0 radical (unpaired) electrons. The molecule has 2 heterocycles. The first-order valence-corrected chi connectivity index (χ1v) is 13.7. The second kappa shape index (κ2) is 8.84. The molecular weight excluding hydrogens is 464 g/mol. The Morgan fingerprint density at radius 3 is 2.69 bits per heavy atom. The Morgan fingerprint density at radius 1 is 1.19 bits per heavy atom. The zero-order valence-corrected chi connectivity index (χ0v) is 20.7. The average Bonchev–Trinajstić information content (AvgIpc) is 3.30. The molecule has 0 unspecified atom stereocenters. The van der Waals surface area contributed by atoms with Gasteiger partial charge in [0, 0.05) is 17.3 Å². The molecule has 4 rings (SSSR count). The van der Waals surface area contributed by atoms with E-state index in [1.807, 2.05) is 19.1 Å². The third kappa shape index (κ3) is 4.82. The van der Waals surface area contributed by atoms with E-state index < -0.39 is 10.0 Å². The zero-order valence-electron chi connectivity index (χ0n) is 18.2. The van der Waals surface area contributed by atoms with Gasteiger partial charge in [0.2, 0.25) is 15.2 Å². The van der Waals surface area contributed by atoms with E-state index in [1.54, 1.807) is 12.1 Å². The van der Waals surface area contributed by atoms with Gasteiger partial charge in [-0.15, -0.1) is 10.2 Å². The molecule has 1 N–H and O–H groups in total. The molecule has 0 saturated carbocycles. The molecular formula is C22H24N4O3S3. The molecule has 10 heteroatoms. The van der Waals surface area contributed by atoms with Crippen molar-refractivity contribution < 1.29 is 13.2 Å². The van der Waals surface area contributed by atoms with Gasteiger partial charge in [-0.05, 0) is 74.2 Å². The van der Waals surface area contributed by atoms with Crippen LogP contribution in [0.15, 0.2) is 40.7 Å². The normalized spacial score (nSPS) is 15.6. The van der Waals surface area contributed by atoms with Gasteiger partial charge in [-0.2, -0.15) is 0 Å². The predicted molar refractivity (Wildman–Crippen MR) is 131 cm³/mol. The molecule has 0 bridgehead atoms. The number of Topliss-reactive ketones (excluding diaryl/α,β-unsaturated/α-hetero) is 1. The van der Waals surface area contributed by atoms with Crippen molar-refractivity contribution in [1.82, 2.24) is 10.2 Å². The largest absolute Gasteiger partial charge is 0.330 e. The first-order valence-electron chi connectivity index (χ1n) is 10.1. The van der Waals surface area contributed by atoms with Gasteiger partial charge in [0.25, 0.3) is 0 Å². The average molecular weight is 489 g/mol. The predicted octanol–water partition coefficient (Wildman–Crippen LogP) is 4.58. The van der Waals surface area contributed by atoms with E-state index in [9.17, 15) is 13.2 Å². The standard InChI is InChI=1S/C22H24N4O3S3/c1-13-5-7-18(9-14(13)2)23-21-24-25-22(31-21)30-12-20(27)16-6-8-19-17(11-16)10-15(3)26(19)32(4,28)29/h5-9,11,15H,10,12H2,1-4H3,(H,23,24)/t15-/m1/s1. The molecule has 1 aliphatic rings. The number of sulfonamides is 1. The smallest absolute Gasteiger partial charge is 0.232 e. The van der Waals surface area contributed by atoms with Crippen molar-refractivity contribution in [3.63, 3.8) is 0 Å². The SMILES string of the molecule is Cc1ccc(Nc2nnc(SCC(=O)c3ccc4c(c3)C[C@@H](C)N4S(C)(=O)=O)s2)cc1C. The van der Waals surface area contributed by atoms with Crippen LogP contribution >= 0.6 is 23.1 Å². The Bertz CT molecular complexity index is 1290. The lowest BCUT2D eigenvalue weighted by molar-refractivity contribution is 0.102. The molecule has 1 aliphatic heterocycles. The second-order valence-electron chi connectivity index (χ2n) is 7.96. The van der Waals surface area contributed by atoms with Crippen LogP contribution in [-0.4, -0.2) is 42.4 Å². The maximum absolute atomic E-state index is 12.7. The molecule has 1 atom stereocenters. The lowest BCUT2D eigenvalue weighted by Gasteiger charge is -2.21. The molecule has 0 saturated heterocycles. The van der Waals surface area contributed by atoms with Gasteiger partial charge in [-0.1, -0.05) is 29.2 Å². The number of carbonyl (C=O) groups is 1. The number of thioether (sulfide) groups is 1. The monoisotopic (exact) mass is 488 g/mol. The minimum Gasteiger partial charge on any atom is -0.330 e. The third-order valence-corrected chi connectivity index (χ3v) is 8.65. The van der Waals surface area contributed by atoms with Gasteiger partial charge in [-0.25, -0.2) is 8.42 Å². The number of aromatic nitrogens is 2. The van der Waals surface area contributed by atoms with Crippen molar-refractivity contribution in [2.75, 3.05) is 21.6 Å². The lowest BCUT2D eigenvalue weighted by Crippen LogP contribution is -2.34. The number of aryl methyl sites for hydroxylation is 2. The number of fused-ring (bicyclic) bond motifs is 1. The summed E-state index contributed by atoms with van der Waals surface area (Å²) in [6.07, 6.45) is 1.81. The third-order valence-electron chi connectivity index (χ3n) is 5.40. The summed E-state index contributed by atoms with van der Waals surface area (Å²) >= 11 is 2.75. The number of anilines is 3. The number of nitrogens with one attached hydrogen (secondary N) is 1. The van der Waals surface area contributed by atoms with Crippen LogP contribution in [0.1, 0.15) is 34.0 Å². The maximum Gasteiger partial charge on any atom is 0.232 e. The number of hydrogen-bond acceptors (Lipinski definition) is 8. The van der Waals surface area contributed by atoms with E-state index in [1.165, 1.54) is 44.8 Å². The van der Waals surface area contributed by atoms with Crippen LogP contribution in [0, 0.1) is 13.8 Å². The van der Waals surface area contributed by atoms with Gasteiger partial charge in [0.05, 0.1) is 17.7 Å². The van der Waals surface area contributed by atoms with Crippen molar-refractivity contribution in [2.45, 2.75) is 37.6 Å². The van der Waals surface area contributed by atoms with E-state index in [2.05, 4.69) is 41.5 Å². The van der Waals surface area contributed by atoms with Crippen LogP contribution < -0.4 is 9.62 Å². The second-order valence-corrected chi connectivity index (χ2v) is 12.0. The van der Waals surface area contributed by atoms with Crippen LogP contribution in [0.5, 0.6) is 0 Å². The van der Waals surface area contributed by atoms with Gasteiger partial charge in [0.15, 0.2) is 10.1 Å². The fraction of sp³-hybridized carbons (Fsp3) is 0.318. The van der Waals surface area contributed by atoms with Crippen molar-refractivity contribution in [3.8, 4) is 0 Å². The number of hydrogen-bond donors (Lipinski definition) is 1. The maximum atomic E-state index is 12.7. The summed E-state index contributed by atoms with van der Waals surface area (Å²) in [5.41, 5.74) is 5.50. The first kappa shape index (κ1) is 22.8. The number of benzene rings is 2. The van der Waals surface area contributed by atoms with Crippen molar-refractivity contribution in [1.29, 1.82) is 0 Å². The van der Waals surface area contributed by atoms with Crippen molar-refractivity contribution >= 4 is 55.4 Å². The minimum absolute atomic E-state index is 0.0258. The van der Waals surface area contributed by atoms with E-state index >= 15 is 0 Å². The number of rotatable bonds is 7. The highest BCUT2D eigenvalue weighted by molar-refractivity contribution is 8.01. The molecule has 32 heavy (non-hydrogen) atoms. The highest BCUT2D eigenvalue weighted by Gasteiger charge is 2.32. The topological polar surface area (TPSA) is 92.3 Å². The Kier molecular flexibility index (Phi) is 6.28. The molecule has 7 nitrogen and oxygen atoms in total. The van der Waals surface area contributed by atoms with E-state index in [-0.39, 0.29) is 17.6 Å². The summed E-state index contributed by atoms with van der Waals surface area (Å²) in [5, 5.41) is 12.3. The first-order chi connectivity index (χ1) is 15.1. The van der Waals surface area contributed by atoms with Crippen LogP contribution in [-0.2, 0) is 16.4 Å². The summed E-state index contributed by atoms with van der Waals surface area (Å²) in [4.78, 5) is 12.7. The van der Waals surface area contributed by atoms with Crippen LogP contribution in [0.4, 0.5) is 16.5 Å². The van der Waals surface area contributed by atoms with Gasteiger partial charge < -0.3 is 5.32 Å². The molecule has 1 aromatic heterocycles. The summed E-state index contributed by atoms with van der Waals surface area (Å²) in [6.45, 7) is 6.00. The van der Waals surface area contributed by atoms with Gasteiger partial charge in [0.1, 0.15) is 0 Å². The van der Waals surface area contributed by atoms with Gasteiger partial charge >= 0.3 is 0 Å². The van der Waals surface area contributed by atoms with Crippen molar-refractivity contribution in [2.24, 2.45) is 0 Å². The van der Waals surface area contributed by atoms with Crippen molar-refractivity contribution in [3.05, 3.63) is 58.7 Å². The van der Waals surface area contributed by atoms with Crippen LogP contribution in [0.2, 0.25) is 0 Å². The molecule has 0 spiro atoms. The van der Waals surface area contributed by atoms with Gasteiger partial charge in [-0.3, -0.25) is 9.10 Å². The number of nitrogens with zero attached hydrogens (tertiary/aromatic N) is 3.